The van der Waals surface area contributed by atoms with Gasteiger partial charge in [0.25, 0.3) is 5.91 Å². The molecule has 0 aliphatic carbocycles. The van der Waals surface area contributed by atoms with Crippen LogP contribution in [0, 0.1) is 18.3 Å². The minimum atomic E-state index is -0.0314. The van der Waals surface area contributed by atoms with E-state index in [0.717, 1.165) is 5.56 Å². The number of piperazine rings is 1. The number of anilines is 1. The number of aryl methyl sites for hydroxylation is 1. The van der Waals surface area contributed by atoms with Crippen LogP contribution in [0.2, 0.25) is 5.02 Å². The lowest BCUT2D eigenvalue weighted by molar-refractivity contribution is 0.0745. The van der Waals surface area contributed by atoms with Crippen LogP contribution in [0.15, 0.2) is 52.9 Å². The minimum Gasteiger partial charge on any atom is -0.420 e. The molecule has 1 amide bonds. The van der Waals surface area contributed by atoms with Crippen LogP contribution in [0.3, 0.4) is 0 Å². The zero-order valence-corrected chi connectivity index (χ0v) is 17.8. The van der Waals surface area contributed by atoms with Crippen molar-refractivity contribution in [1.29, 1.82) is 5.26 Å². The lowest BCUT2D eigenvalue weighted by atomic mass is 10.1. The maximum atomic E-state index is 12.7. The first-order chi connectivity index (χ1) is 15.0. The molecule has 0 N–H and O–H groups in total. The van der Waals surface area contributed by atoms with Crippen molar-refractivity contribution in [2.45, 2.75) is 6.92 Å². The topological polar surface area (TPSA) is 73.4 Å². The van der Waals surface area contributed by atoms with E-state index in [-0.39, 0.29) is 11.6 Å². The van der Waals surface area contributed by atoms with Gasteiger partial charge in [0, 0.05) is 42.8 Å². The van der Waals surface area contributed by atoms with Crippen LogP contribution in [-0.4, -0.2) is 42.0 Å². The predicted molar refractivity (Wildman–Crippen MR) is 121 cm³/mol. The van der Waals surface area contributed by atoms with Crippen LogP contribution in [0.25, 0.3) is 12.2 Å². The Bertz CT molecular complexity index is 1140. The molecule has 1 fully saturated rings. The lowest BCUT2D eigenvalue weighted by Crippen LogP contribution is -2.48. The Morgan fingerprint density at radius 3 is 2.39 bits per heavy atom. The number of benzene rings is 2. The molecule has 4 rings (SSSR count). The summed E-state index contributed by atoms with van der Waals surface area (Å²) in [4.78, 5) is 20.7. The van der Waals surface area contributed by atoms with E-state index in [0.29, 0.717) is 48.5 Å². The summed E-state index contributed by atoms with van der Waals surface area (Å²) in [5.74, 6) is 0.799. The van der Waals surface area contributed by atoms with Gasteiger partial charge in [-0.15, -0.1) is 0 Å². The van der Waals surface area contributed by atoms with Crippen LogP contribution < -0.4 is 4.90 Å². The monoisotopic (exact) mass is 432 g/mol. The number of nitriles is 1. The smallest absolute Gasteiger partial charge is 0.253 e. The molecule has 1 aliphatic rings. The Hall–Kier alpha value is -3.56. The highest BCUT2D eigenvalue weighted by atomic mass is 35.5. The van der Waals surface area contributed by atoms with E-state index < -0.39 is 0 Å². The van der Waals surface area contributed by atoms with Crippen LogP contribution in [-0.2, 0) is 0 Å². The summed E-state index contributed by atoms with van der Waals surface area (Å²) < 4.78 is 5.87. The highest BCUT2D eigenvalue weighted by molar-refractivity contribution is 6.30. The van der Waals surface area contributed by atoms with Gasteiger partial charge in [-0.3, -0.25) is 4.79 Å². The fourth-order valence-electron chi connectivity index (χ4n) is 3.42. The first-order valence-electron chi connectivity index (χ1n) is 9.99. The molecule has 156 valence electrons. The second-order valence-corrected chi connectivity index (χ2v) is 7.78. The summed E-state index contributed by atoms with van der Waals surface area (Å²) in [5, 5.41) is 10.1. The third-order valence-corrected chi connectivity index (χ3v) is 5.42. The molecule has 2 aromatic carbocycles. The molecule has 2 heterocycles. The van der Waals surface area contributed by atoms with Gasteiger partial charge in [0.1, 0.15) is 6.07 Å². The van der Waals surface area contributed by atoms with Gasteiger partial charge in [-0.1, -0.05) is 41.4 Å². The summed E-state index contributed by atoms with van der Waals surface area (Å²) >= 11 is 5.90. The van der Waals surface area contributed by atoms with E-state index in [1.165, 1.54) is 5.56 Å². The Morgan fingerprint density at radius 2 is 1.74 bits per heavy atom. The Labute approximate surface area is 186 Å². The summed E-state index contributed by atoms with van der Waals surface area (Å²) in [6.07, 6.45) is 3.66. The molecule has 0 radical (unpaired) electrons. The average molecular weight is 433 g/mol. The van der Waals surface area contributed by atoms with Crippen molar-refractivity contribution in [3.05, 3.63) is 81.8 Å². The van der Waals surface area contributed by atoms with E-state index >= 15 is 0 Å². The Morgan fingerprint density at radius 1 is 1.06 bits per heavy atom. The number of carbonyl (C=O) groups is 1. The predicted octanol–water partition coefficient (Wildman–Crippen LogP) is 4.64. The molecular formula is C24H21ClN4O2. The number of oxazole rings is 1. The number of hydrogen-bond acceptors (Lipinski definition) is 5. The fourth-order valence-corrected chi connectivity index (χ4v) is 3.55. The first-order valence-corrected chi connectivity index (χ1v) is 10.4. The molecule has 0 unspecified atom stereocenters. The van der Waals surface area contributed by atoms with Gasteiger partial charge in [0.2, 0.25) is 17.5 Å². The van der Waals surface area contributed by atoms with Crippen molar-refractivity contribution in [3.63, 3.8) is 0 Å². The van der Waals surface area contributed by atoms with Gasteiger partial charge >= 0.3 is 0 Å². The van der Waals surface area contributed by atoms with Crippen molar-refractivity contribution in [2.24, 2.45) is 0 Å². The number of halogens is 1. The summed E-state index contributed by atoms with van der Waals surface area (Å²) in [6, 6.07) is 17.1. The molecular weight excluding hydrogens is 412 g/mol. The molecule has 0 saturated carbocycles. The van der Waals surface area contributed by atoms with Crippen molar-refractivity contribution >= 4 is 35.5 Å². The number of aromatic nitrogens is 1. The van der Waals surface area contributed by atoms with E-state index in [1.807, 2.05) is 42.2 Å². The average Bonchev–Trinajstić information content (AvgIpc) is 3.22. The van der Waals surface area contributed by atoms with Gasteiger partial charge in [0.15, 0.2) is 0 Å². The van der Waals surface area contributed by atoms with Gasteiger partial charge in [-0.2, -0.15) is 10.2 Å². The molecule has 3 aromatic rings. The van der Waals surface area contributed by atoms with Gasteiger partial charge in [0.05, 0.1) is 0 Å². The molecule has 31 heavy (non-hydrogen) atoms. The fraction of sp³-hybridized carbons (Fsp3) is 0.208. The number of hydrogen-bond donors (Lipinski definition) is 0. The van der Waals surface area contributed by atoms with Crippen molar-refractivity contribution in [1.82, 2.24) is 9.88 Å². The second-order valence-electron chi connectivity index (χ2n) is 7.35. The summed E-state index contributed by atoms with van der Waals surface area (Å²) in [7, 11) is 0. The lowest BCUT2D eigenvalue weighted by Gasteiger charge is -2.34. The van der Waals surface area contributed by atoms with Crippen LogP contribution >= 0.6 is 11.6 Å². The Kier molecular flexibility index (Phi) is 6.06. The van der Waals surface area contributed by atoms with E-state index in [9.17, 15) is 10.1 Å². The van der Waals surface area contributed by atoms with Crippen molar-refractivity contribution < 1.29 is 9.21 Å². The Balaban J connectivity index is 1.43. The van der Waals surface area contributed by atoms with Gasteiger partial charge in [-0.05, 0) is 42.8 Å². The quantitative estimate of drug-likeness (QED) is 0.600. The van der Waals surface area contributed by atoms with Crippen LogP contribution in [0.5, 0.6) is 0 Å². The van der Waals surface area contributed by atoms with Crippen molar-refractivity contribution in [3.8, 4) is 6.07 Å². The second kappa shape index (κ2) is 9.07. The maximum absolute atomic E-state index is 12.7. The van der Waals surface area contributed by atoms with E-state index in [4.69, 9.17) is 16.0 Å². The van der Waals surface area contributed by atoms with Crippen molar-refractivity contribution in [2.75, 3.05) is 31.1 Å². The zero-order chi connectivity index (χ0) is 21.8. The molecule has 1 aliphatic heterocycles. The van der Waals surface area contributed by atoms with Gasteiger partial charge < -0.3 is 14.2 Å². The first kappa shape index (κ1) is 20.7. The number of carbonyl (C=O) groups excluding carboxylic acids is 1. The molecule has 0 atom stereocenters. The molecule has 0 spiro atoms. The molecule has 6 nitrogen and oxygen atoms in total. The van der Waals surface area contributed by atoms with E-state index in [1.54, 1.807) is 35.2 Å². The maximum Gasteiger partial charge on any atom is 0.253 e. The standard InChI is InChI=1S/C24H21ClN4O2/c1-17-2-4-18(5-3-17)6-11-22-27-21(16-26)24(31-22)29-14-12-28(13-15-29)23(30)19-7-9-20(25)10-8-19/h2-11H,12-15H2,1H3/b11-6+. The molecule has 1 saturated heterocycles. The summed E-state index contributed by atoms with van der Waals surface area (Å²) in [6.45, 7) is 4.22. The highest BCUT2D eigenvalue weighted by Crippen LogP contribution is 2.25. The third-order valence-electron chi connectivity index (χ3n) is 5.17. The van der Waals surface area contributed by atoms with E-state index in [2.05, 4.69) is 11.1 Å². The molecule has 7 heteroatoms. The largest absolute Gasteiger partial charge is 0.420 e. The van der Waals surface area contributed by atoms with Crippen LogP contribution in [0.1, 0.15) is 33.1 Å². The highest BCUT2D eigenvalue weighted by Gasteiger charge is 2.26. The molecule has 0 bridgehead atoms. The number of nitrogens with zero attached hydrogens (tertiary/aromatic N) is 4. The van der Waals surface area contributed by atoms with Crippen LogP contribution in [0.4, 0.5) is 5.88 Å². The number of rotatable bonds is 4. The minimum absolute atomic E-state index is 0.0314. The SMILES string of the molecule is Cc1ccc(/C=C/c2nc(C#N)c(N3CCN(C(=O)c4ccc(Cl)cc4)CC3)o2)cc1. The molecule has 1 aromatic heterocycles. The number of amides is 1. The zero-order valence-electron chi connectivity index (χ0n) is 17.1. The summed E-state index contributed by atoms with van der Waals surface area (Å²) in [5.41, 5.74) is 3.08. The normalized spacial score (nSPS) is 14.1. The van der Waals surface area contributed by atoms with Gasteiger partial charge in [-0.25, -0.2) is 0 Å². The third kappa shape index (κ3) is 4.79.